The maximum Gasteiger partial charge on any atom is 0.312 e. The van der Waals surface area contributed by atoms with Crippen molar-refractivity contribution in [3.05, 3.63) is 23.2 Å². The second-order valence-electron chi connectivity index (χ2n) is 3.06. The van der Waals surface area contributed by atoms with E-state index in [0.29, 0.717) is 16.4 Å². The molecule has 1 aromatic carbocycles. The molecule has 16 heavy (non-hydrogen) atoms. The largest absolute Gasteiger partial charge is 0.481 e. The fraction of sp³-hybridized carbons (Fsp3) is 0.200. The van der Waals surface area contributed by atoms with E-state index in [1.54, 1.807) is 25.2 Å². The van der Waals surface area contributed by atoms with Crippen LogP contribution in [0.5, 0.6) is 0 Å². The molecule has 0 aliphatic rings. The maximum absolute atomic E-state index is 11.2. The van der Waals surface area contributed by atoms with E-state index in [1.807, 2.05) is 0 Å². The lowest BCUT2D eigenvalue weighted by Gasteiger charge is -2.10. The van der Waals surface area contributed by atoms with Gasteiger partial charge in [0.1, 0.15) is 6.42 Å². The van der Waals surface area contributed by atoms with Crippen LogP contribution in [0.25, 0.3) is 0 Å². The number of anilines is 2. The van der Waals surface area contributed by atoms with E-state index < -0.39 is 18.3 Å². The van der Waals surface area contributed by atoms with Crippen molar-refractivity contribution in [2.75, 3.05) is 17.7 Å². The van der Waals surface area contributed by atoms with E-state index in [-0.39, 0.29) is 0 Å². The number of carboxylic acids is 1. The van der Waals surface area contributed by atoms with Gasteiger partial charge in [-0.1, -0.05) is 11.6 Å². The van der Waals surface area contributed by atoms with E-state index >= 15 is 0 Å². The first kappa shape index (κ1) is 12.3. The predicted molar refractivity (Wildman–Crippen MR) is 61.9 cm³/mol. The van der Waals surface area contributed by atoms with Crippen molar-refractivity contribution in [1.29, 1.82) is 0 Å². The number of hydrogen-bond donors (Lipinski definition) is 3. The Balaban J connectivity index is 2.83. The zero-order valence-electron chi connectivity index (χ0n) is 8.58. The molecule has 86 valence electrons. The lowest BCUT2D eigenvalue weighted by molar-refractivity contribution is -0.139. The summed E-state index contributed by atoms with van der Waals surface area (Å²) < 4.78 is 0. The number of rotatable bonds is 4. The van der Waals surface area contributed by atoms with Crippen molar-refractivity contribution in [2.45, 2.75) is 6.42 Å². The molecule has 0 radical (unpaired) electrons. The molecule has 1 aromatic rings. The first-order valence-corrected chi connectivity index (χ1v) is 4.89. The quantitative estimate of drug-likeness (QED) is 0.704. The highest BCUT2D eigenvalue weighted by Crippen LogP contribution is 2.25. The molecule has 1 amide bonds. The molecule has 0 aromatic heterocycles. The summed E-state index contributed by atoms with van der Waals surface area (Å²) in [6.45, 7) is 0. The van der Waals surface area contributed by atoms with Crippen LogP contribution in [0.2, 0.25) is 5.02 Å². The Kier molecular flexibility index (Phi) is 4.13. The normalized spacial score (nSPS) is 9.62. The first-order chi connectivity index (χ1) is 7.52. The predicted octanol–water partition coefficient (Wildman–Crippen LogP) is 1.79. The zero-order chi connectivity index (χ0) is 12.1. The summed E-state index contributed by atoms with van der Waals surface area (Å²) in [4.78, 5) is 21.6. The first-order valence-electron chi connectivity index (χ1n) is 4.52. The van der Waals surface area contributed by atoms with Crippen LogP contribution in [0.4, 0.5) is 11.4 Å². The second-order valence-corrected chi connectivity index (χ2v) is 3.50. The van der Waals surface area contributed by atoms with E-state index in [0.717, 1.165) is 0 Å². The second kappa shape index (κ2) is 5.37. The summed E-state index contributed by atoms with van der Waals surface area (Å²) >= 11 is 5.77. The molecule has 0 bridgehead atoms. The van der Waals surface area contributed by atoms with Gasteiger partial charge >= 0.3 is 5.97 Å². The molecule has 5 nitrogen and oxygen atoms in total. The molecule has 3 N–H and O–H groups in total. The molecule has 6 heteroatoms. The summed E-state index contributed by atoms with van der Waals surface area (Å²) in [6.07, 6.45) is -0.574. The fourth-order valence-corrected chi connectivity index (χ4v) is 1.34. The van der Waals surface area contributed by atoms with Crippen LogP contribution >= 0.6 is 11.6 Å². The molecule has 0 atom stereocenters. The van der Waals surface area contributed by atoms with Crippen LogP contribution in [-0.2, 0) is 9.59 Å². The fourth-order valence-electron chi connectivity index (χ4n) is 1.17. The van der Waals surface area contributed by atoms with Crippen LogP contribution in [0, 0.1) is 0 Å². The van der Waals surface area contributed by atoms with Crippen molar-refractivity contribution in [3.8, 4) is 0 Å². The van der Waals surface area contributed by atoms with Crippen molar-refractivity contribution in [2.24, 2.45) is 0 Å². The average molecular weight is 243 g/mol. The van der Waals surface area contributed by atoms with E-state index in [4.69, 9.17) is 16.7 Å². The Morgan fingerprint density at radius 2 is 2.06 bits per heavy atom. The number of benzene rings is 1. The van der Waals surface area contributed by atoms with Gasteiger partial charge in [-0.3, -0.25) is 9.59 Å². The molecular formula is C10H11ClN2O3. The SMILES string of the molecule is CNc1ccc(Cl)cc1NC(=O)CC(=O)O. The van der Waals surface area contributed by atoms with Crippen molar-refractivity contribution in [3.63, 3.8) is 0 Å². The van der Waals surface area contributed by atoms with Gasteiger partial charge in [-0.05, 0) is 18.2 Å². The van der Waals surface area contributed by atoms with E-state index in [9.17, 15) is 9.59 Å². The Bertz CT molecular complexity index is 421. The number of aliphatic carboxylic acids is 1. The van der Waals surface area contributed by atoms with Gasteiger partial charge in [-0.15, -0.1) is 0 Å². The van der Waals surface area contributed by atoms with Gasteiger partial charge < -0.3 is 15.7 Å². The lowest BCUT2D eigenvalue weighted by atomic mass is 10.2. The van der Waals surface area contributed by atoms with Gasteiger partial charge in [0.15, 0.2) is 0 Å². The molecule has 0 unspecified atom stereocenters. The van der Waals surface area contributed by atoms with Crippen molar-refractivity contribution in [1.82, 2.24) is 0 Å². The molecule has 0 heterocycles. The molecule has 0 fully saturated rings. The zero-order valence-corrected chi connectivity index (χ0v) is 9.34. The smallest absolute Gasteiger partial charge is 0.312 e. The highest BCUT2D eigenvalue weighted by Gasteiger charge is 2.10. The minimum Gasteiger partial charge on any atom is -0.481 e. The maximum atomic E-state index is 11.2. The molecule has 0 aliphatic heterocycles. The highest BCUT2D eigenvalue weighted by atomic mass is 35.5. The number of carboxylic acid groups (broad SMARTS) is 1. The third-order valence-electron chi connectivity index (χ3n) is 1.84. The van der Waals surface area contributed by atoms with Gasteiger partial charge in [0.2, 0.25) is 5.91 Å². The van der Waals surface area contributed by atoms with Gasteiger partial charge in [0, 0.05) is 12.1 Å². The summed E-state index contributed by atoms with van der Waals surface area (Å²) in [5.74, 6) is -1.77. The Morgan fingerprint density at radius 3 is 2.62 bits per heavy atom. The van der Waals surface area contributed by atoms with Crippen LogP contribution in [0.1, 0.15) is 6.42 Å². The van der Waals surface area contributed by atoms with Crippen LogP contribution in [0.3, 0.4) is 0 Å². The van der Waals surface area contributed by atoms with Crippen LogP contribution < -0.4 is 10.6 Å². The number of carbonyl (C=O) groups excluding carboxylic acids is 1. The molecule has 0 spiro atoms. The molecule has 0 aliphatic carbocycles. The lowest BCUT2D eigenvalue weighted by Crippen LogP contribution is -2.16. The van der Waals surface area contributed by atoms with Crippen molar-refractivity contribution < 1.29 is 14.7 Å². The van der Waals surface area contributed by atoms with Crippen LogP contribution in [-0.4, -0.2) is 24.0 Å². The topological polar surface area (TPSA) is 78.4 Å². The Morgan fingerprint density at radius 1 is 1.38 bits per heavy atom. The van der Waals surface area contributed by atoms with E-state index in [2.05, 4.69) is 10.6 Å². The molecule has 1 rings (SSSR count). The van der Waals surface area contributed by atoms with Gasteiger partial charge in [-0.2, -0.15) is 0 Å². The average Bonchev–Trinajstić information content (AvgIpc) is 2.16. The number of hydrogen-bond acceptors (Lipinski definition) is 3. The number of amides is 1. The summed E-state index contributed by atoms with van der Waals surface area (Å²) in [5, 5.41) is 14.2. The molecular weight excluding hydrogens is 232 g/mol. The van der Waals surface area contributed by atoms with Gasteiger partial charge in [0.25, 0.3) is 0 Å². The monoisotopic (exact) mass is 242 g/mol. The Labute approximate surface area is 97.4 Å². The third-order valence-corrected chi connectivity index (χ3v) is 2.07. The third kappa shape index (κ3) is 3.43. The van der Waals surface area contributed by atoms with Crippen LogP contribution in [0.15, 0.2) is 18.2 Å². The van der Waals surface area contributed by atoms with Gasteiger partial charge in [0.05, 0.1) is 11.4 Å². The molecule has 0 saturated carbocycles. The number of nitrogens with one attached hydrogen (secondary N) is 2. The minimum absolute atomic E-state index is 0.459. The van der Waals surface area contributed by atoms with E-state index in [1.165, 1.54) is 0 Å². The standard InChI is InChI=1S/C10H11ClN2O3/c1-12-7-3-2-6(11)4-8(7)13-9(14)5-10(15)16/h2-4,12H,5H2,1H3,(H,13,14)(H,15,16). The Hall–Kier alpha value is -1.75. The number of carbonyl (C=O) groups is 2. The minimum atomic E-state index is -1.18. The summed E-state index contributed by atoms with van der Waals surface area (Å²) in [7, 11) is 1.69. The van der Waals surface area contributed by atoms with Gasteiger partial charge in [-0.25, -0.2) is 0 Å². The number of halogens is 1. The highest BCUT2D eigenvalue weighted by molar-refractivity contribution is 6.31. The summed E-state index contributed by atoms with van der Waals surface area (Å²) in [5.41, 5.74) is 1.13. The molecule has 0 saturated heterocycles. The summed E-state index contributed by atoms with van der Waals surface area (Å²) in [6, 6.07) is 4.91. The van der Waals surface area contributed by atoms with Crippen molar-refractivity contribution >= 4 is 34.9 Å².